The molecule has 0 spiro atoms. The second-order valence-corrected chi connectivity index (χ2v) is 6.58. The summed E-state index contributed by atoms with van der Waals surface area (Å²) in [6, 6.07) is 18.3. The molecule has 2 aromatic heterocycles. The molecule has 0 fully saturated rings. The maximum Gasteiger partial charge on any atom is 0.197 e. The van der Waals surface area contributed by atoms with Crippen LogP contribution in [0.25, 0.3) is 21.2 Å². The third kappa shape index (κ3) is 2.43. The molecule has 2 heterocycles. The molecule has 0 aliphatic rings. The van der Waals surface area contributed by atoms with Gasteiger partial charge in [0.25, 0.3) is 0 Å². The summed E-state index contributed by atoms with van der Waals surface area (Å²) >= 11 is 8.28. The maximum absolute atomic E-state index is 6.55. The zero-order chi connectivity index (χ0) is 14.2. The average molecular weight is 314 g/mol. The van der Waals surface area contributed by atoms with E-state index >= 15 is 0 Å². The quantitative estimate of drug-likeness (QED) is 0.462. The van der Waals surface area contributed by atoms with Crippen LogP contribution in [0.15, 0.2) is 59.0 Å². The average Bonchev–Trinajstić information content (AvgIpc) is 3.10. The predicted molar refractivity (Wildman–Crippen MR) is 88.1 cm³/mol. The van der Waals surface area contributed by atoms with E-state index in [-0.39, 0.29) is 5.38 Å². The van der Waals surface area contributed by atoms with Crippen molar-refractivity contribution in [3.8, 4) is 0 Å². The van der Waals surface area contributed by atoms with E-state index in [2.05, 4.69) is 23.2 Å². The first-order chi connectivity index (χ1) is 10.3. The Balaban J connectivity index is 1.63. The fraction of sp³-hybridized carbons (Fsp3) is 0.118. The van der Waals surface area contributed by atoms with Crippen molar-refractivity contribution in [1.82, 2.24) is 4.98 Å². The van der Waals surface area contributed by atoms with Gasteiger partial charge < -0.3 is 4.42 Å². The molecular weight excluding hydrogens is 302 g/mol. The molecule has 0 N–H and O–H groups in total. The minimum Gasteiger partial charge on any atom is -0.441 e. The highest BCUT2D eigenvalue weighted by atomic mass is 35.5. The summed E-state index contributed by atoms with van der Waals surface area (Å²) in [7, 11) is 0. The van der Waals surface area contributed by atoms with Crippen molar-refractivity contribution < 1.29 is 4.42 Å². The third-order valence-corrected chi connectivity index (χ3v) is 5.19. The van der Waals surface area contributed by atoms with Gasteiger partial charge >= 0.3 is 0 Å². The van der Waals surface area contributed by atoms with Crippen LogP contribution in [-0.2, 0) is 6.42 Å². The van der Waals surface area contributed by atoms with Crippen LogP contribution in [0.5, 0.6) is 0 Å². The lowest BCUT2D eigenvalue weighted by atomic mass is 10.2. The Labute approximate surface area is 131 Å². The van der Waals surface area contributed by atoms with Crippen molar-refractivity contribution in [3.63, 3.8) is 0 Å². The van der Waals surface area contributed by atoms with Gasteiger partial charge in [0, 0.05) is 16.0 Å². The van der Waals surface area contributed by atoms with Crippen LogP contribution in [0.2, 0.25) is 0 Å². The molecule has 2 aromatic carbocycles. The molecule has 0 bridgehead atoms. The molecule has 1 unspecified atom stereocenters. The lowest BCUT2D eigenvalue weighted by Gasteiger charge is -2.02. The fourth-order valence-corrected chi connectivity index (χ4v) is 3.79. The number of halogens is 1. The molecular formula is C17H12ClNOS. The molecule has 0 saturated carbocycles. The summed E-state index contributed by atoms with van der Waals surface area (Å²) < 4.78 is 7.00. The van der Waals surface area contributed by atoms with E-state index < -0.39 is 0 Å². The molecule has 104 valence electrons. The first kappa shape index (κ1) is 12.9. The number of nitrogens with zero attached hydrogens (tertiary/aromatic N) is 1. The molecule has 2 nitrogen and oxygen atoms in total. The molecule has 4 rings (SSSR count). The number of rotatable bonds is 3. The molecule has 1 atom stereocenters. The van der Waals surface area contributed by atoms with Crippen molar-refractivity contribution in [1.29, 1.82) is 0 Å². The van der Waals surface area contributed by atoms with Crippen molar-refractivity contribution in [2.75, 3.05) is 0 Å². The van der Waals surface area contributed by atoms with E-state index in [1.165, 1.54) is 10.1 Å². The van der Waals surface area contributed by atoms with Crippen molar-refractivity contribution in [3.05, 3.63) is 65.4 Å². The lowest BCUT2D eigenvalue weighted by Crippen LogP contribution is -1.93. The summed E-state index contributed by atoms with van der Waals surface area (Å²) in [5.41, 5.74) is 1.69. The number of oxazole rings is 1. The SMILES string of the molecule is ClC(Cc1nc2ccccc2o1)c1cc2ccccc2s1. The smallest absolute Gasteiger partial charge is 0.197 e. The number of para-hydroxylation sites is 2. The molecule has 0 aliphatic heterocycles. The third-order valence-electron chi connectivity index (χ3n) is 3.45. The van der Waals surface area contributed by atoms with Gasteiger partial charge in [-0.05, 0) is 29.7 Å². The highest BCUT2D eigenvalue weighted by molar-refractivity contribution is 7.19. The highest BCUT2D eigenvalue weighted by Gasteiger charge is 2.16. The van der Waals surface area contributed by atoms with Gasteiger partial charge in [-0.1, -0.05) is 30.3 Å². The summed E-state index contributed by atoms with van der Waals surface area (Å²) in [6.45, 7) is 0. The second-order valence-electron chi connectivity index (χ2n) is 4.93. The zero-order valence-corrected chi connectivity index (χ0v) is 12.7. The number of benzene rings is 2. The zero-order valence-electron chi connectivity index (χ0n) is 11.1. The molecule has 0 radical (unpaired) electrons. The molecule has 0 aliphatic carbocycles. The number of alkyl halides is 1. The number of hydrogen-bond donors (Lipinski definition) is 0. The Bertz CT molecular complexity index is 845. The van der Waals surface area contributed by atoms with Crippen LogP contribution in [0, 0.1) is 0 Å². The minimum absolute atomic E-state index is 0.115. The molecule has 0 amide bonds. The first-order valence-corrected chi connectivity index (χ1v) is 8.02. The van der Waals surface area contributed by atoms with E-state index in [1.807, 2.05) is 36.4 Å². The van der Waals surface area contributed by atoms with Crippen molar-refractivity contribution in [2.45, 2.75) is 11.8 Å². The van der Waals surface area contributed by atoms with Crippen LogP contribution < -0.4 is 0 Å². The standard InChI is InChI=1S/C17H12ClNOS/c18-12(16-9-11-5-1-4-8-15(11)21-16)10-17-19-13-6-2-3-7-14(13)20-17/h1-9,12H,10H2. The van der Waals surface area contributed by atoms with Gasteiger partial charge in [0.1, 0.15) is 5.52 Å². The minimum atomic E-state index is -0.115. The molecule has 4 aromatic rings. The Morgan fingerprint density at radius 1 is 1.10 bits per heavy atom. The van der Waals surface area contributed by atoms with Crippen LogP contribution in [0.4, 0.5) is 0 Å². The second kappa shape index (κ2) is 5.17. The Hall–Kier alpha value is -1.84. The van der Waals surface area contributed by atoms with Gasteiger partial charge in [-0.15, -0.1) is 22.9 Å². The Morgan fingerprint density at radius 3 is 2.76 bits per heavy atom. The van der Waals surface area contributed by atoms with Crippen molar-refractivity contribution in [2.24, 2.45) is 0 Å². The van der Waals surface area contributed by atoms with E-state index in [9.17, 15) is 0 Å². The summed E-state index contributed by atoms with van der Waals surface area (Å²) in [5.74, 6) is 0.689. The van der Waals surface area contributed by atoms with Crippen LogP contribution in [0.1, 0.15) is 16.1 Å². The van der Waals surface area contributed by atoms with E-state index in [0.29, 0.717) is 12.3 Å². The van der Waals surface area contributed by atoms with Gasteiger partial charge in [-0.2, -0.15) is 0 Å². The van der Waals surface area contributed by atoms with E-state index in [0.717, 1.165) is 16.0 Å². The Morgan fingerprint density at radius 2 is 1.90 bits per heavy atom. The molecule has 21 heavy (non-hydrogen) atoms. The fourth-order valence-electron chi connectivity index (χ4n) is 2.42. The monoisotopic (exact) mass is 313 g/mol. The summed E-state index contributed by atoms with van der Waals surface area (Å²) in [6.07, 6.45) is 0.600. The largest absolute Gasteiger partial charge is 0.441 e. The van der Waals surface area contributed by atoms with Crippen LogP contribution >= 0.6 is 22.9 Å². The van der Waals surface area contributed by atoms with Gasteiger partial charge in [-0.25, -0.2) is 4.98 Å². The molecule has 4 heteroatoms. The van der Waals surface area contributed by atoms with E-state index in [4.69, 9.17) is 16.0 Å². The summed E-state index contributed by atoms with van der Waals surface area (Å²) in [4.78, 5) is 5.64. The number of aromatic nitrogens is 1. The number of hydrogen-bond acceptors (Lipinski definition) is 3. The topological polar surface area (TPSA) is 26.0 Å². The Kier molecular flexibility index (Phi) is 3.17. The molecule has 0 saturated heterocycles. The first-order valence-electron chi connectivity index (χ1n) is 6.76. The van der Waals surface area contributed by atoms with Gasteiger partial charge in [0.15, 0.2) is 11.5 Å². The number of thiophene rings is 1. The predicted octanol–water partition coefficient (Wildman–Crippen LogP) is 5.57. The van der Waals surface area contributed by atoms with E-state index in [1.54, 1.807) is 11.3 Å². The summed E-state index contributed by atoms with van der Waals surface area (Å²) in [5, 5.41) is 1.12. The maximum atomic E-state index is 6.55. The van der Waals surface area contributed by atoms with Crippen LogP contribution in [-0.4, -0.2) is 4.98 Å². The lowest BCUT2D eigenvalue weighted by molar-refractivity contribution is 0.526. The van der Waals surface area contributed by atoms with Gasteiger partial charge in [-0.3, -0.25) is 0 Å². The number of fused-ring (bicyclic) bond motifs is 2. The normalized spacial score (nSPS) is 13.0. The van der Waals surface area contributed by atoms with Gasteiger partial charge in [0.05, 0.1) is 5.38 Å². The van der Waals surface area contributed by atoms with Gasteiger partial charge in [0.2, 0.25) is 0 Å². The van der Waals surface area contributed by atoms with Crippen molar-refractivity contribution >= 4 is 44.1 Å². The van der Waals surface area contributed by atoms with Crippen LogP contribution in [0.3, 0.4) is 0 Å². The highest BCUT2D eigenvalue weighted by Crippen LogP contribution is 2.35.